The Hall–Kier alpha value is -4.08. The molecule has 4 N–H and O–H groups in total. The summed E-state index contributed by atoms with van der Waals surface area (Å²) in [7, 11) is 0. The zero-order valence-electron chi connectivity index (χ0n) is 17.4. The van der Waals surface area contributed by atoms with Crippen molar-refractivity contribution in [2.45, 2.75) is 31.8 Å². The molecule has 0 radical (unpaired) electrons. The molecule has 3 aromatic rings. The zero-order chi connectivity index (χ0) is 22.7. The first-order valence-electron chi connectivity index (χ1n) is 10.0. The molecule has 1 fully saturated rings. The first-order valence-corrected chi connectivity index (χ1v) is 10.0. The van der Waals surface area contributed by atoms with Crippen LogP contribution in [-0.4, -0.2) is 37.3 Å². The number of benzene rings is 2. The highest BCUT2D eigenvalue weighted by Gasteiger charge is 2.47. The molecule has 0 aliphatic carbocycles. The first-order chi connectivity index (χ1) is 15.3. The molecule has 1 aliphatic heterocycles. The van der Waals surface area contributed by atoms with E-state index in [4.69, 9.17) is 5.73 Å². The van der Waals surface area contributed by atoms with Gasteiger partial charge in [-0.1, -0.05) is 30.3 Å². The second-order valence-corrected chi connectivity index (χ2v) is 7.70. The molecule has 1 atom stereocenters. The Bertz CT molecular complexity index is 1140. The van der Waals surface area contributed by atoms with Crippen LogP contribution in [0.1, 0.15) is 24.7 Å². The summed E-state index contributed by atoms with van der Waals surface area (Å²) in [6, 6.07) is 14.8. The topological polar surface area (TPSA) is 126 Å². The van der Waals surface area contributed by atoms with Gasteiger partial charge in [0.2, 0.25) is 11.9 Å². The number of amides is 3. The maximum Gasteiger partial charge on any atom is 0.325 e. The van der Waals surface area contributed by atoms with E-state index in [2.05, 4.69) is 25.6 Å². The maximum absolute atomic E-state index is 13.1. The Balaban J connectivity index is 1.47. The number of imide groups is 1. The van der Waals surface area contributed by atoms with Gasteiger partial charge in [0.25, 0.3) is 5.91 Å². The third kappa shape index (κ3) is 4.64. The molecule has 1 aromatic heterocycles. The van der Waals surface area contributed by atoms with E-state index in [0.717, 1.165) is 10.5 Å². The number of halogens is 1. The summed E-state index contributed by atoms with van der Waals surface area (Å²) in [5.74, 6) is -0.528. The van der Waals surface area contributed by atoms with E-state index in [1.165, 1.54) is 24.3 Å². The van der Waals surface area contributed by atoms with Gasteiger partial charge < -0.3 is 16.4 Å². The van der Waals surface area contributed by atoms with Crippen LogP contribution in [0, 0.1) is 5.82 Å². The Kier molecular flexibility index (Phi) is 5.67. The SMILES string of the molecule is C[C@]1(CCc2ccccc2)NC(=O)N(Cc2nc(N)nc(Nc3ccc(F)cc3)n2)C1=O. The van der Waals surface area contributed by atoms with Crippen LogP contribution in [0.15, 0.2) is 54.6 Å². The molecule has 2 heterocycles. The predicted octanol–water partition coefficient (Wildman–Crippen LogP) is 2.78. The van der Waals surface area contributed by atoms with Crippen molar-refractivity contribution in [2.24, 2.45) is 0 Å². The van der Waals surface area contributed by atoms with Crippen LogP contribution in [0.3, 0.4) is 0 Å². The monoisotopic (exact) mass is 435 g/mol. The number of hydrogen-bond donors (Lipinski definition) is 3. The standard InChI is InChI=1S/C22H22FN7O2/c1-22(12-11-14-5-3-2-4-6-14)18(31)30(21(32)29-22)13-17-26-19(24)28-20(27-17)25-16-9-7-15(23)8-10-16/h2-10H,11-13H2,1H3,(H,29,32)(H3,24,25,26,27,28)/t22-/m1/s1. The Morgan fingerprint density at radius 1 is 1.06 bits per heavy atom. The van der Waals surface area contributed by atoms with Crippen molar-refractivity contribution in [2.75, 3.05) is 11.1 Å². The lowest BCUT2D eigenvalue weighted by molar-refractivity contribution is -0.131. The number of nitrogen functional groups attached to an aromatic ring is 1. The van der Waals surface area contributed by atoms with Crippen LogP contribution in [-0.2, 0) is 17.8 Å². The summed E-state index contributed by atoms with van der Waals surface area (Å²) in [5.41, 5.74) is 6.38. The van der Waals surface area contributed by atoms with Crippen molar-refractivity contribution in [1.29, 1.82) is 0 Å². The number of nitrogens with zero attached hydrogens (tertiary/aromatic N) is 4. The number of hydrogen-bond acceptors (Lipinski definition) is 7. The Morgan fingerprint density at radius 2 is 1.78 bits per heavy atom. The normalized spacial score (nSPS) is 18.0. The number of rotatable bonds is 7. The van der Waals surface area contributed by atoms with Crippen molar-refractivity contribution in [1.82, 2.24) is 25.2 Å². The quantitative estimate of drug-likeness (QED) is 0.487. The lowest BCUT2D eigenvalue weighted by atomic mass is 9.93. The molecule has 0 spiro atoms. The average molecular weight is 435 g/mol. The van der Waals surface area contributed by atoms with E-state index in [1.807, 2.05) is 30.3 Å². The van der Waals surface area contributed by atoms with Gasteiger partial charge in [-0.25, -0.2) is 9.18 Å². The highest BCUT2D eigenvalue weighted by molar-refractivity contribution is 6.06. The highest BCUT2D eigenvalue weighted by atomic mass is 19.1. The minimum atomic E-state index is -1.03. The van der Waals surface area contributed by atoms with Gasteiger partial charge in [-0.05, 0) is 49.6 Å². The average Bonchev–Trinajstić information content (AvgIpc) is 2.98. The summed E-state index contributed by atoms with van der Waals surface area (Å²) in [4.78, 5) is 39.0. The van der Waals surface area contributed by atoms with Gasteiger partial charge in [-0.3, -0.25) is 9.69 Å². The van der Waals surface area contributed by atoms with Gasteiger partial charge in [0.05, 0.1) is 6.54 Å². The van der Waals surface area contributed by atoms with Crippen LogP contribution in [0.2, 0.25) is 0 Å². The van der Waals surface area contributed by atoms with Gasteiger partial charge >= 0.3 is 6.03 Å². The molecular weight excluding hydrogens is 413 g/mol. The van der Waals surface area contributed by atoms with Crippen molar-refractivity contribution in [3.63, 3.8) is 0 Å². The lowest BCUT2D eigenvalue weighted by Crippen LogP contribution is -2.44. The minimum Gasteiger partial charge on any atom is -0.368 e. The fourth-order valence-corrected chi connectivity index (χ4v) is 3.47. The number of aryl methyl sites for hydroxylation is 1. The molecule has 164 valence electrons. The van der Waals surface area contributed by atoms with Crippen LogP contribution in [0.4, 0.5) is 26.8 Å². The third-order valence-corrected chi connectivity index (χ3v) is 5.20. The number of carbonyl (C=O) groups is 2. The summed E-state index contributed by atoms with van der Waals surface area (Å²) in [6.07, 6.45) is 1.09. The molecule has 1 aliphatic rings. The Morgan fingerprint density at radius 3 is 2.50 bits per heavy atom. The number of nitrogens with one attached hydrogen (secondary N) is 2. The van der Waals surface area contributed by atoms with E-state index in [9.17, 15) is 14.0 Å². The lowest BCUT2D eigenvalue weighted by Gasteiger charge is -2.21. The molecule has 9 nitrogen and oxygen atoms in total. The number of nitrogens with two attached hydrogens (primary N) is 1. The fraction of sp³-hybridized carbons (Fsp3) is 0.227. The number of anilines is 3. The molecule has 1 saturated heterocycles. The smallest absolute Gasteiger partial charge is 0.325 e. The van der Waals surface area contributed by atoms with Crippen molar-refractivity contribution < 1.29 is 14.0 Å². The predicted molar refractivity (Wildman–Crippen MR) is 116 cm³/mol. The maximum atomic E-state index is 13.1. The second-order valence-electron chi connectivity index (χ2n) is 7.70. The van der Waals surface area contributed by atoms with Crippen LogP contribution >= 0.6 is 0 Å². The molecule has 4 rings (SSSR count). The molecular formula is C22H22FN7O2. The third-order valence-electron chi connectivity index (χ3n) is 5.20. The van der Waals surface area contributed by atoms with Crippen LogP contribution in [0.5, 0.6) is 0 Å². The van der Waals surface area contributed by atoms with Crippen molar-refractivity contribution >= 4 is 29.5 Å². The highest BCUT2D eigenvalue weighted by Crippen LogP contribution is 2.25. The largest absolute Gasteiger partial charge is 0.368 e. The number of urea groups is 1. The number of aromatic nitrogens is 3. The minimum absolute atomic E-state index is 0.0708. The van der Waals surface area contributed by atoms with Gasteiger partial charge in [-0.15, -0.1) is 0 Å². The van der Waals surface area contributed by atoms with Gasteiger partial charge in [0, 0.05) is 5.69 Å². The van der Waals surface area contributed by atoms with Crippen molar-refractivity contribution in [3.05, 3.63) is 71.8 Å². The fourth-order valence-electron chi connectivity index (χ4n) is 3.47. The van der Waals surface area contributed by atoms with Crippen LogP contribution in [0.25, 0.3) is 0 Å². The molecule has 2 aromatic carbocycles. The summed E-state index contributed by atoms with van der Waals surface area (Å²) >= 11 is 0. The summed E-state index contributed by atoms with van der Waals surface area (Å²) in [5, 5.41) is 5.68. The summed E-state index contributed by atoms with van der Waals surface area (Å²) in [6.45, 7) is 1.55. The van der Waals surface area contributed by atoms with Crippen molar-refractivity contribution in [3.8, 4) is 0 Å². The second kappa shape index (κ2) is 8.58. The van der Waals surface area contributed by atoms with E-state index >= 15 is 0 Å². The molecule has 10 heteroatoms. The van der Waals surface area contributed by atoms with Gasteiger partial charge in [-0.2, -0.15) is 15.0 Å². The molecule has 0 saturated carbocycles. The van der Waals surface area contributed by atoms with E-state index < -0.39 is 11.6 Å². The van der Waals surface area contributed by atoms with Crippen LogP contribution < -0.4 is 16.4 Å². The zero-order valence-corrected chi connectivity index (χ0v) is 17.4. The van der Waals surface area contributed by atoms with E-state index in [0.29, 0.717) is 18.5 Å². The molecule has 3 amide bonds. The Labute approximate surface area is 183 Å². The van der Waals surface area contributed by atoms with Gasteiger partial charge in [0.15, 0.2) is 5.82 Å². The first kappa shape index (κ1) is 21.2. The van der Waals surface area contributed by atoms with E-state index in [1.54, 1.807) is 6.92 Å². The molecule has 0 bridgehead atoms. The summed E-state index contributed by atoms with van der Waals surface area (Å²) < 4.78 is 13.1. The van der Waals surface area contributed by atoms with E-state index in [-0.39, 0.29) is 36.0 Å². The molecule has 32 heavy (non-hydrogen) atoms. The molecule has 0 unspecified atom stereocenters. The van der Waals surface area contributed by atoms with Gasteiger partial charge in [0.1, 0.15) is 11.4 Å². The number of carbonyl (C=O) groups excluding carboxylic acids is 2.